The lowest BCUT2D eigenvalue weighted by atomic mass is 10.0. The van der Waals surface area contributed by atoms with Crippen LogP contribution in [0.5, 0.6) is 0 Å². The van der Waals surface area contributed by atoms with Gasteiger partial charge in [-0.1, -0.05) is 12.1 Å². The lowest BCUT2D eigenvalue weighted by Crippen LogP contribution is -2.34. The number of nitrogens with one attached hydrogen (secondary N) is 1. The molecule has 1 fully saturated rings. The molecule has 114 valence electrons. The molecule has 1 aliphatic carbocycles. The Balaban J connectivity index is 1.80. The zero-order valence-corrected chi connectivity index (χ0v) is 12.2. The van der Waals surface area contributed by atoms with E-state index in [4.69, 9.17) is 9.84 Å². The number of carboxylic acids is 1. The Labute approximate surface area is 124 Å². The molecule has 0 saturated heterocycles. The molecule has 0 radical (unpaired) electrons. The Morgan fingerprint density at radius 3 is 2.76 bits per heavy atom. The van der Waals surface area contributed by atoms with Crippen molar-refractivity contribution >= 4 is 11.9 Å². The van der Waals surface area contributed by atoms with Gasteiger partial charge in [-0.15, -0.1) is 0 Å². The van der Waals surface area contributed by atoms with Gasteiger partial charge in [-0.25, -0.2) is 4.79 Å². The molecule has 1 aromatic rings. The van der Waals surface area contributed by atoms with Crippen molar-refractivity contribution in [3.05, 3.63) is 35.4 Å². The molecule has 0 aromatic heterocycles. The maximum Gasteiger partial charge on any atom is 0.335 e. The van der Waals surface area contributed by atoms with Gasteiger partial charge < -0.3 is 15.2 Å². The first-order valence-electron chi connectivity index (χ1n) is 7.17. The third kappa shape index (κ3) is 4.04. The van der Waals surface area contributed by atoms with Crippen LogP contribution in [0.25, 0.3) is 0 Å². The van der Waals surface area contributed by atoms with Crippen molar-refractivity contribution in [2.75, 3.05) is 20.3 Å². The predicted octanol–water partition coefficient (Wildman–Crippen LogP) is 1.86. The van der Waals surface area contributed by atoms with Crippen molar-refractivity contribution in [3.8, 4) is 0 Å². The van der Waals surface area contributed by atoms with E-state index in [-0.39, 0.29) is 16.9 Å². The minimum absolute atomic E-state index is 0.0916. The Kier molecular flexibility index (Phi) is 4.96. The van der Waals surface area contributed by atoms with Crippen LogP contribution in [0.15, 0.2) is 24.3 Å². The van der Waals surface area contributed by atoms with Gasteiger partial charge in [0, 0.05) is 20.3 Å². The number of aromatic carboxylic acids is 1. The fourth-order valence-electron chi connectivity index (χ4n) is 2.41. The summed E-state index contributed by atoms with van der Waals surface area (Å²) in [6.07, 6.45) is 3.25. The molecule has 0 aliphatic heterocycles. The summed E-state index contributed by atoms with van der Waals surface area (Å²) in [4.78, 5) is 23.0. The summed E-state index contributed by atoms with van der Waals surface area (Å²) in [5, 5.41) is 11.9. The Bertz CT molecular complexity index is 523. The van der Waals surface area contributed by atoms with Gasteiger partial charge in [0.1, 0.15) is 0 Å². The molecule has 1 saturated carbocycles. The SMILES string of the molecule is COCCC1(C(=O)NCCc2cccc(C(=O)O)c2)CC1. The quantitative estimate of drug-likeness (QED) is 0.766. The number of carbonyl (C=O) groups excluding carboxylic acids is 1. The minimum atomic E-state index is -0.933. The van der Waals surface area contributed by atoms with Crippen LogP contribution in [0, 0.1) is 5.41 Å². The van der Waals surface area contributed by atoms with E-state index >= 15 is 0 Å². The van der Waals surface area contributed by atoms with Crippen LogP contribution < -0.4 is 5.32 Å². The number of hydrogen-bond donors (Lipinski definition) is 2. The predicted molar refractivity (Wildman–Crippen MR) is 78.3 cm³/mol. The van der Waals surface area contributed by atoms with Crippen molar-refractivity contribution in [3.63, 3.8) is 0 Å². The van der Waals surface area contributed by atoms with Gasteiger partial charge >= 0.3 is 5.97 Å². The Morgan fingerprint density at radius 2 is 2.14 bits per heavy atom. The molecule has 0 atom stereocenters. The maximum absolute atomic E-state index is 12.1. The molecule has 2 N–H and O–H groups in total. The number of amides is 1. The summed E-state index contributed by atoms with van der Waals surface area (Å²) in [7, 11) is 1.64. The summed E-state index contributed by atoms with van der Waals surface area (Å²) < 4.78 is 5.04. The first kappa shape index (κ1) is 15.5. The third-order valence-electron chi connectivity index (χ3n) is 3.99. The Morgan fingerprint density at radius 1 is 1.38 bits per heavy atom. The van der Waals surface area contributed by atoms with Gasteiger partial charge in [-0.3, -0.25) is 4.79 Å². The maximum atomic E-state index is 12.1. The largest absolute Gasteiger partial charge is 0.478 e. The number of ether oxygens (including phenoxy) is 1. The van der Waals surface area contributed by atoms with Crippen molar-refractivity contribution in [1.82, 2.24) is 5.32 Å². The standard InChI is InChI=1S/C16H21NO4/c1-21-10-8-16(6-7-16)15(20)17-9-5-12-3-2-4-13(11-12)14(18)19/h2-4,11H,5-10H2,1H3,(H,17,20)(H,18,19). The lowest BCUT2D eigenvalue weighted by molar-refractivity contribution is -0.126. The molecule has 1 aromatic carbocycles. The number of methoxy groups -OCH3 is 1. The Hall–Kier alpha value is -1.88. The van der Waals surface area contributed by atoms with Crippen LogP contribution in [0.3, 0.4) is 0 Å². The van der Waals surface area contributed by atoms with Crippen LogP contribution >= 0.6 is 0 Å². The average Bonchev–Trinajstić information content (AvgIpc) is 3.26. The highest BCUT2D eigenvalue weighted by atomic mass is 16.5. The zero-order chi connectivity index (χ0) is 15.3. The highest BCUT2D eigenvalue weighted by Crippen LogP contribution is 2.48. The molecular formula is C16H21NO4. The average molecular weight is 291 g/mol. The van der Waals surface area contributed by atoms with Crippen LogP contribution in [0.4, 0.5) is 0 Å². The van der Waals surface area contributed by atoms with Gasteiger partial charge in [0.25, 0.3) is 0 Å². The van der Waals surface area contributed by atoms with Crippen LogP contribution in [-0.2, 0) is 16.0 Å². The number of benzene rings is 1. The summed E-state index contributed by atoms with van der Waals surface area (Å²) in [6, 6.07) is 6.80. The van der Waals surface area contributed by atoms with Crippen molar-refractivity contribution in [1.29, 1.82) is 0 Å². The highest BCUT2D eigenvalue weighted by Gasteiger charge is 2.48. The lowest BCUT2D eigenvalue weighted by Gasteiger charge is -2.14. The molecule has 0 bridgehead atoms. The monoisotopic (exact) mass is 291 g/mol. The highest BCUT2D eigenvalue weighted by molar-refractivity contribution is 5.87. The van der Waals surface area contributed by atoms with Crippen molar-refractivity contribution < 1.29 is 19.4 Å². The summed E-state index contributed by atoms with van der Waals surface area (Å²) in [6.45, 7) is 1.13. The van der Waals surface area contributed by atoms with E-state index in [0.717, 1.165) is 24.8 Å². The smallest absolute Gasteiger partial charge is 0.335 e. The van der Waals surface area contributed by atoms with E-state index in [1.165, 1.54) is 0 Å². The van der Waals surface area contributed by atoms with Crippen LogP contribution in [0.2, 0.25) is 0 Å². The summed E-state index contributed by atoms with van der Waals surface area (Å²) in [5.41, 5.74) is 0.966. The number of rotatable bonds is 8. The normalized spacial score (nSPS) is 15.5. The van der Waals surface area contributed by atoms with Gasteiger partial charge in [0.05, 0.1) is 11.0 Å². The van der Waals surface area contributed by atoms with E-state index in [1.807, 2.05) is 6.07 Å². The molecule has 1 aliphatic rings. The second-order valence-corrected chi connectivity index (χ2v) is 5.53. The van der Waals surface area contributed by atoms with E-state index < -0.39 is 5.97 Å². The number of hydrogen-bond acceptors (Lipinski definition) is 3. The topological polar surface area (TPSA) is 75.6 Å². The molecule has 1 amide bonds. The second kappa shape index (κ2) is 6.72. The molecule has 2 rings (SSSR count). The van der Waals surface area contributed by atoms with Crippen LogP contribution in [0.1, 0.15) is 35.2 Å². The number of carboxylic acid groups (broad SMARTS) is 1. The molecule has 0 spiro atoms. The van der Waals surface area contributed by atoms with Crippen molar-refractivity contribution in [2.45, 2.75) is 25.7 Å². The van der Waals surface area contributed by atoms with Gasteiger partial charge in [0.2, 0.25) is 5.91 Å². The summed E-state index contributed by atoms with van der Waals surface area (Å²) >= 11 is 0. The fourth-order valence-corrected chi connectivity index (χ4v) is 2.41. The van der Waals surface area contributed by atoms with E-state index in [0.29, 0.717) is 19.6 Å². The molecular weight excluding hydrogens is 270 g/mol. The molecule has 5 heteroatoms. The van der Waals surface area contributed by atoms with E-state index in [1.54, 1.807) is 25.3 Å². The van der Waals surface area contributed by atoms with Gasteiger partial charge in [-0.2, -0.15) is 0 Å². The van der Waals surface area contributed by atoms with Gasteiger partial charge in [-0.05, 0) is 43.4 Å². The molecule has 5 nitrogen and oxygen atoms in total. The molecule has 0 heterocycles. The molecule has 21 heavy (non-hydrogen) atoms. The summed E-state index contributed by atoms with van der Waals surface area (Å²) in [5.74, 6) is -0.841. The third-order valence-corrected chi connectivity index (χ3v) is 3.99. The fraction of sp³-hybridized carbons (Fsp3) is 0.500. The minimum Gasteiger partial charge on any atom is -0.478 e. The number of carbonyl (C=O) groups is 2. The first-order chi connectivity index (χ1) is 10.1. The van der Waals surface area contributed by atoms with E-state index in [9.17, 15) is 9.59 Å². The van der Waals surface area contributed by atoms with Crippen molar-refractivity contribution in [2.24, 2.45) is 5.41 Å². The van der Waals surface area contributed by atoms with Crippen LogP contribution in [-0.4, -0.2) is 37.2 Å². The zero-order valence-electron chi connectivity index (χ0n) is 12.2. The molecule has 0 unspecified atom stereocenters. The first-order valence-corrected chi connectivity index (χ1v) is 7.17. The second-order valence-electron chi connectivity index (χ2n) is 5.53. The van der Waals surface area contributed by atoms with Gasteiger partial charge in [0.15, 0.2) is 0 Å². The van der Waals surface area contributed by atoms with E-state index in [2.05, 4.69) is 5.32 Å².